The van der Waals surface area contributed by atoms with Crippen molar-refractivity contribution in [2.75, 3.05) is 4.31 Å². The zero-order chi connectivity index (χ0) is 24.9. The van der Waals surface area contributed by atoms with Crippen LogP contribution in [-0.2, 0) is 24.2 Å². The fourth-order valence-electron chi connectivity index (χ4n) is 3.33. The lowest BCUT2D eigenvalue weighted by Gasteiger charge is -2.21. The highest BCUT2D eigenvalue weighted by atomic mass is 35.5. The quantitative estimate of drug-likeness (QED) is 0.300. The lowest BCUT2D eigenvalue weighted by molar-refractivity contribution is 0.0951. The molecule has 0 fully saturated rings. The van der Waals surface area contributed by atoms with Gasteiger partial charge in [0.05, 0.1) is 23.0 Å². The van der Waals surface area contributed by atoms with Gasteiger partial charge in [-0.05, 0) is 29.8 Å². The largest absolute Gasteiger partial charge is 0.348 e. The summed E-state index contributed by atoms with van der Waals surface area (Å²) in [6.07, 6.45) is 0.347. The Morgan fingerprint density at radius 2 is 1.86 bits per heavy atom. The average molecular weight is 535 g/mol. The lowest BCUT2D eigenvalue weighted by Crippen LogP contribution is -2.28. The molecule has 0 aliphatic heterocycles. The average Bonchev–Trinajstić information content (AvgIpc) is 3.27. The Labute approximate surface area is 211 Å². The third-order valence-electron chi connectivity index (χ3n) is 4.98. The highest BCUT2D eigenvalue weighted by Crippen LogP contribution is 2.34. The van der Waals surface area contributed by atoms with Gasteiger partial charge in [0.2, 0.25) is 0 Å². The monoisotopic (exact) mass is 534 g/mol. The van der Waals surface area contributed by atoms with E-state index in [4.69, 9.17) is 11.6 Å². The normalized spacial score (nSPS) is 11.8. The summed E-state index contributed by atoms with van der Waals surface area (Å²) >= 11 is 4.35. The molecule has 4 aromatic rings. The maximum Gasteiger partial charge on any atom is 0.268 e. The fourth-order valence-corrected chi connectivity index (χ4v) is 4.73. The number of nitrogens with zero attached hydrogens (tertiary/aromatic N) is 3. The second kappa shape index (κ2) is 11.0. The van der Waals surface area contributed by atoms with Crippen molar-refractivity contribution in [1.29, 1.82) is 0 Å². The first-order valence-electron chi connectivity index (χ1n) is 10.1. The lowest BCUT2D eigenvalue weighted by atomic mass is 10.1. The summed E-state index contributed by atoms with van der Waals surface area (Å²) in [6.45, 7) is -0.239. The van der Waals surface area contributed by atoms with E-state index in [9.17, 15) is 22.3 Å². The van der Waals surface area contributed by atoms with Crippen molar-refractivity contribution in [3.8, 4) is 0 Å². The topological polar surface area (TPSA) is 95.4 Å². The molecule has 7 nitrogen and oxygen atoms in total. The van der Waals surface area contributed by atoms with E-state index in [0.29, 0.717) is 18.2 Å². The van der Waals surface area contributed by atoms with Crippen LogP contribution in [0.1, 0.15) is 27.2 Å². The van der Waals surface area contributed by atoms with Crippen LogP contribution in [0.2, 0.25) is 5.02 Å². The summed E-state index contributed by atoms with van der Waals surface area (Å²) in [4.78, 5) is 13.0. The minimum atomic E-state index is -2.62. The maximum absolute atomic E-state index is 14.0. The summed E-state index contributed by atoms with van der Waals surface area (Å²) in [5, 5.41) is 2.74. The number of carbonyl (C=O) groups is 1. The number of rotatable bonds is 8. The molecule has 1 heterocycles. The van der Waals surface area contributed by atoms with Crippen molar-refractivity contribution >= 4 is 52.0 Å². The van der Waals surface area contributed by atoms with Gasteiger partial charge in [-0.1, -0.05) is 48.0 Å². The van der Waals surface area contributed by atoms with Crippen molar-refractivity contribution in [1.82, 2.24) is 14.1 Å². The second-order valence-electron chi connectivity index (χ2n) is 7.30. The van der Waals surface area contributed by atoms with Gasteiger partial charge in [0.1, 0.15) is 17.3 Å². The fraction of sp³-hybridized carbons (Fsp3) is 0.0870. The number of halogens is 3. The molecule has 0 radical (unpaired) electrons. The van der Waals surface area contributed by atoms with Gasteiger partial charge in [0, 0.05) is 29.6 Å². The van der Waals surface area contributed by atoms with Crippen LogP contribution in [0.15, 0.2) is 66.7 Å². The number of nitrogens with one attached hydrogen (secondary N) is 1. The summed E-state index contributed by atoms with van der Waals surface area (Å²) < 4.78 is 59.2. The van der Waals surface area contributed by atoms with E-state index >= 15 is 0 Å². The van der Waals surface area contributed by atoms with Crippen molar-refractivity contribution in [2.24, 2.45) is 0 Å². The Morgan fingerprint density at radius 3 is 2.57 bits per heavy atom. The van der Waals surface area contributed by atoms with Crippen LogP contribution in [-0.4, -0.2) is 23.4 Å². The van der Waals surface area contributed by atoms with E-state index in [0.717, 1.165) is 27.7 Å². The first-order chi connectivity index (χ1) is 16.8. The van der Waals surface area contributed by atoms with E-state index in [2.05, 4.69) is 14.1 Å². The predicted octanol–water partition coefficient (Wildman–Crippen LogP) is 5.27. The SMILES string of the molecule is O=C(NCc1ccc(F)cc1F)c1cc(Cl)ccc1N(c1nsnc1Cc1ccccc1)S(=O)O. The number of hydrogen-bond donors (Lipinski definition) is 2. The Bertz CT molecular complexity index is 1390. The molecule has 1 aromatic heterocycles. The molecule has 35 heavy (non-hydrogen) atoms. The molecule has 0 aliphatic rings. The molecule has 0 saturated heterocycles. The molecule has 1 unspecified atom stereocenters. The number of aromatic nitrogens is 2. The number of amides is 1. The van der Waals surface area contributed by atoms with E-state index in [1.165, 1.54) is 24.3 Å². The highest BCUT2D eigenvalue weighted by Gasteiger charge is 2.27. The van der Waals surface area contributed by atoms with E-state index < -0.39 is 28.8 Å². The van der Waals surface area contributed by atoms with Gasteiger partial charge >= 0.3 is 0 Å². The first-order valence-corrected chi connectivity index (χ1v) is 12.3. The van der Waals surface area contributed by atoms with Gasteiger partial charge in [-0.2, -0.15) is 8.75 Å². The van der Waals surface area contributed by atoms with Gasteiger partial charge in [-0.25, -0.2) is 17.3 Å². The van der Waals surface area contributed by atoms with Crippen LogP contribution in [0.4, 0.5) is 20.3 Å². The highest BCUT2D eigenvalue weighted by molar-refractivity contribution is 7.81. The van der Waals surface area contributed by atoms with Crippen LogP contribution in [0.5, 0.6) is 0 Å². The standard InChI is InChI=1S/C23H17ClF2N4O3S2/c24-16-7-9-21(18(11-16)23(31)27-13-15-6-8-17(25)12-19(15)26)30(35(32)33)22-20(28-34-29-22)10-14-4-2-1-3-5-14/h1-9,11-12H,10,13H2,(H,27,31)(H,32,33). The molecular formula is C23H17ClF2N4O3S2. The molecular weight excluding hydrogens is 518 g/mol. The first kappa shape index (κ1) is 24.9. The number of benzene rings is 3. The smallest absolute Gasteiger partial charge is 0.268 e. The Balaban J connectivity index is 1.66. The predicted molar refractivity (Wildman–Crippen MR) is 131 cm³/mol. The van der Waals surface area contributed by atoms with Gasteiger partial charge in [0.15, 0.2) is 5.82 Å². The third kappa shape index (κ3) is 5.88. The van der Waals surface area contributed by atoms with Crippen LogP contribution in [0.3, 0.4) is 0 Å². The molecule has 0 spiro atoms. The summed E-state index contributed by atoms with van der Waals surface area (Å²) in [5.41, 5.74) is 1.44. The van der Waals surface area contributed by atoms with Gasteiger partial charge in [-0.15, -0.1) is 0 Å². The summed E-state index contributed by atoms with van der Waals surface area (Å²) in [7, 11) is 0. The molecule has 0 bridgehead atoms. The van der Waals surface area contributed by atoms with Gasteiger partial charge in [-0.3, -0.25) is 9.35 Å². The Morgan fingerprint density at radius 1 is 1.09 bits per heavy atom. The van der Waals surface area contributed by atoms with Crippen LogP contribution in [0.25, 0.3) is 0 Å². The van der Waals surface area contributed by atoms with E-state index in [-0.39, 0.29) is 34.2 Å². The van der Waals surface area contributed by atoms with Gasteiger partial charge < -0.3 is 5.32 Å². The van der Waals surface area contributed by atoms with E-state index in [1.54, 1.807) is 0 Å². The van der Waals surface area contributed by atoms with Crippen LogP contribution >= 0.6 is 23.3 Å². The number of anilines is 2. The summed E-state index contributed by atoms with van der Waals surface area (Å²) in [6, 6.07) is 16.6. The van der Waals surface area contributed by atoms with Crippen molar-refractivity contribution in [3.63, 3.8) is 0 Å². The van der Waals surface area contributed by atoms with Gasteiger partial charge in [0.25, 0.3) is 17.2 Å². The molecule has 4 rings (SSSR count). The van der Waals surface area contributed by atoms with Crippen molar-refractivity contribution < 1.29 is 22.3 Å². The molecule has 2 N–H and O–H groups in total. The number of carbonyl (C=O) groups excluding carboxylic acids is 1. The molecule has 1 amide bonds. The molecule has 12 heteroatoms. The Hall–Kier alpha value is -3.25. The summed E-state index contributed by atoms with van der Waals surface area (Å²) in [5.74, 6) is -2.12. The minimum Gasteiger partial charge on any atom is -0.348 e. The third-order valence-corrected chi connectivity index (χ3v) is 6.45. The maximum atomic E-state index is 14.0. The Kier molecular flexibility index (Phi) is 7.81. The van der Waals surface area contributed by atoms with Crippen LogP contribution < -0.4 is 9.62 Å². The molecule has 1 atom stereocenters. The zero-order valence-corrected chi connectivity index (χ0v) is 20.2. The molecule has 0 aliphatic carbocycles. The van der Waals surface area contributed by atoms with Crippen molar-refractivity contribution in [2.45, 2.75) is 13.0 Å². The minimum absolute atomic E-state index is 0.0407. The molecule has 0 saturated carbocycles. The van der Waals surface area contributed by atoms with Crippen molar-refractivity contribution in [3.05, 3.63) is 106 Å². The number of hydrogen-bond acceptors (Lipinski definition) is 5. The molecule has 180 valence electrons. The van der Waals surface area contributed by atoms with E-state index in [1.807, 2.05) is 30.3 Å². The second-order valence-corrected chi connectivity index (χ2v) is 9.09. The van der Waals surface area contributed by atoms with Crippen LogP contribution in [0, 0.1) is 11.6 Å². The molecule has 3 aromatic carbocycles. The zero-order valence-electron chi connectivity index (χ0n) is 17.8.